The lowest BCUT2D eigenvalue weighted by atomic mass is 10.1. The Bertz CT molecular complexity index is 1090. The molecule has 3 heterocycles. The number of hydrogen-bond donors (Lipinski definition) is 1. The van der Waals surface area contributed by atoms with Gasteiger partial charge in [0.2, 0.25) is 0 Å². The standard InChI is InChI=1S/C17H15BrN2O5S2/c1-10-16(18)17(24-19-10)20-27(21,22)15-6-7-26-14(15)5-3-11-2-4-12-9-23-25-13(12)8-11/h2,4,6-8,20H,3,5,9H2,1H3. The van der Waals surface area contributed by atoms with Gasteiger partial charge in [0.1, 0.15) is 16.0 Å². The van der Waals surface area contributed by atoms with Crippen molar-refractivity contribution in [3.8, 4) is 5.75 Å². The van der Waals surface area contributed by atoms with Crippen LogP contribution in [0.5, 0.6) is 5.75 Å². The Morgan fingerprint density at radius 3 is 2.93 bits per heavy atom. The molecule has 1 aliphatic rings. The number of aryl methyl sites for hydroxylation is 3. The van der Waals surface area contributed by atoms with E-state index in [-0.39, 0.29) is 10.8 Å². The van der Waals surface area contributed by atoms with Crippen molar-refractivity contribution >= 4 is 43.2 Å². The molecule has 7 nitrogen and oxygen atoms in total. The molecule has 1 aromatic carbocycles. The number of benzene rings is 1. The molecule has 0 saturated heterocycles. The molecule has 27 heavy (non-hydrogen) atoms. The van der Waals surface area contributed by atoms with E-state index in [0.29, 0.717) is 29.6 Å². The van der Waals surface area contributed by atoms with E-state index >= 15 is 0 Å². The number of thiophene rings is 1. The van der Waals surface area contributed by atoms with Crippen LogP contribution < -0.4 is 9.61 Å². The van der Waals surface area contributed by atoms with Crippen molar-refractivity contribution in [2.45, 2.75) is 31.3 Å². The SMILES string of the molecule is Cc1noc(NS(=O)(=O)c2ccsc2CCc2ccc3c(c2)OOC3)c1Br. The van der Waals surface area contributed by atoms with E-state index in [1.165, 1.54) is 11.3 Å². The van der Waals surface area contributed by atoms with Gasteiger partial charge in [0.25, 0.3) is 15.9 Å². The number of nitrogens with one attached hydrogen (secondary N) is 1. The summed E-state index contributed by atoms with van der Waals surface area (Å²) >= 11 is 4.68. The highest BCUT2D eigenvalue weighted by Crippen LogP contribution is 2.31. The van der Waals surface area contributed by atoms with Gasteiger partial charge in [0.15, 0.2) is 5.75 Å². The van der Waals surface area contributed by atoms with E-state index in [1.807, 2.05) is 18.2 Å². The first-order valence-electron chi connectivity index (χ1n) is 8.06. The number of halogens is 1. The zero-order valence-electron chi connectivity index (χ0n) is 14.2. The Kier molecular flexibility index (Phi) is 4.97. The fraction of sp³-hybridized carbons (Fsp3) is 0.235. The topological polar surface area (TPSA) is 90.7 Å². The lowest BCUT2D eigenvalue weighted by Gasteiger charge is -2.07. The molecule has 0 spiro atoms. The fourth-order valence-electron chi connectivity index (χ4n) is 2.72. The Morgan fingerprint density at radius 1 is 1.30 bits per heavy atom. The number of sulfonamides is 1. The predicted octanol–water partition coefficient (Wildman–Crippen LogP) is 4.22. The van der Waals surface area contributed by atoms with Crippen LogP contribution in [-0.2, 0) is 34.4 Å². The van der Waals surface area contributed by atoms with Gasteiger partial charge < -0.3 is 9.41 Å². The van der Waals surface area contributed by atoms with Crippen molar-refractivity contribution in [3.63, 3.8) is 0 Å². The van der Waals surface area contributed by atoms with Crippen LogP contribution >= 0.6 is 27.3 Å². The average molecular weight is 471 g/mol. The maximum atomic E-state index is 12.8. The molecule has 0 atom stereocenters. The number of nitrogens with zero attached hydrogens (tertiary/aromatic N) is 1. The largest absolute Gasteiger partial charge is 0.337 e. The molecule has 1 N–H and O–H groups in total. The first-order chi connectivity index (χ1) is 12.9. The number of aromatic nitrogens is 1. The lowest BCUT2D eigenvalue weighted by Crippen LogP contribution is -2.13. The van der Waals surface area contributed by atoms with Crippen molar-refractivity contribution in [2.24, 2.45) is 0 Å². The average Bonchev–Trinajstić information content (AvgIpc) is 3.36. The molecule has 1 aliphatic heterocycles. The highest BCUT2D eigenvalue weighted by molar-refractivity contribution is 9.10. The zero-order valence-corrected chi connectivity index (χ0v) is 17.4. The first kappa shape index (κ1) is 18.5. The van der Waals surface area contributed by atoms with Gasteiger partial charge >= 0.3 is 0 Å². The molecule has 3 aromatic rings. The highest BCUT2D eigenvalue weighted by Gasteiger charge is 2.24. The summed E-state index contributed by atoms with van der Waals surface area (Å²) in [6.07, 6.45) is 1.27. The van der Waals surface area contributed by atoms with Crippen LogP contribution in [0.15, 0.2) is 43.5 Å². The Hall–Kier alpha value is -1.88. The van der Waals surface area contributed by atoms with Crippen molar-refractivity contribution < 1.29 is 22.7 Å². The number of anilines is 1. The van der Waals surface area contributed by atoms with Crippen molar-refractivity contribution in [2.75, 3.05) is 4.72 Å². The van der Waals surface area contributed by atoms with Crippen LogP contribution in [0.1, 0.15) is 21.7 Å². The summed E-state index contributed by atoms with van der Waals surface area (Å²) in [5, 5.41) is 5.51. The second-order valence-electron chi connectivity index (χ2n) is 6.01. The molecule has 2 aromatic heterocycles. The van der Waals surface area contributed by atoms with E-state index < -0.39 is 10.0 Å². The van der Waals surface area contributed by atoms with E-state index in [0.717, 1.165) is 21.8 Å². The summed E-state index contributed by atoms with van der Waals surface area (Å²) in [6, 6.07) is 7.50. The van der Waals surface area contributed by atoms with Crippen molar-refractivity contribution in [3.05, 3.63) is 55.8 Å². The molecule has 0 bridgehead atoms. The van der Waals surface area contributed by atoms with Gasteiger partial charge in [0.05, 0.1) is 5.69 Å². The van der Waals surface area contributed by atoms with Gasteiger partial charge in [-0.1, -0.05) is 17.3 Å². The van der Waals surface area contributed by atoms with Crippen LogP contribution in [0.3, 0.4) is 0 Å². The summed E-state index contributed by atoms with van der Waals surface area (Å²) in [5.41, 5.74) is 2.63. The van der Waals surface area contributed by atoms with Crippen molar-refractivity contribution in [1.82, 2.24) is 5.16 Å². The Morgan fingerprint density at radius 2 is 2.15 bits per heavy atom. The summed E-state index contributed by atoms with van der Waals surface area (Å²) in [7, 11) is -3.77. The van der Waals surface area contributed by atoms with Crippen LogP contribution in [0.25, 0.3) is 0 Å². The number of fused-ring (bicyclic) bond motifs is 1. The predicted molar refractivity (Wildman–Crippen MR) is 103 cm³/mol. The summed E-state index contributed by atoms with van der Waals surface area (Å²) in [5.74, 6) is 0.791. The van der Waals surface area contributed by atoms with Crippen LogP contribution in [0.2, 0.25) is 0 Å². The molecular weight excluding hydrogens is 456 g/mol. The van der Waals surface area contributed by atoms with Gasteiger partial charge in [-0.15, -0.1) is 11.3 Å². The molecule has 142 valence electrons. The molecule has 0 radical (unpaired) electrons. The van der Waals surface area contributed by atoms with E-state index in [2.05, 4.69) is 25.8 Å². The second kappa shape index (κ2) is 7.27. The van der Waals surface area contributed by atoms with Crippen LogP contribution in [-0.4, -0.2) is 13.6 Å². The van der Waals surface area contributed by atoms with Crippen LogP contribution in [0.4, 0.5) is 5.88 Å². The molecule has 0 fully saturated rings. The molecular formula is C17H15BrN2O5S2. The van der Waals surface area contributed by atoms with Gasteiger partial charge in [-0.2, -0.15) is 4.89 Å². The normalized spacial score (nSPS) is 13.4. The van der Waals surface area contributed by atoms with E-state index in [4.69, 9.17) is 14.3 Å². The zero-order chi connectivity index (χ0) is 19.0. The van der Waals surface area contributed by atoms with Crippen molar-refractivity contribution in [1.29, 1.82) is 0 Å². The maximum Gasteiger partial charge on any atom is 0.265 e. The number of hydrogen-bond acceptors (Lipinski definition) is 7. The highest BCUT2D eigenvalue weighted by atomic mass is 79.9. The van der Waals surface area contributed by atoms with Gasteiger partial charge in [-0.25, -0.2) is 13.1 Å². The lowest BCUT2D eigenvalue weighted by molar-refractivity contribution is -0.194. The Labute approximate surface area is 168 Å². The third-order valence-electron chi connectivity index (χ3n) is 4.15. The third-order valence-corrected chi connectivity index (χ3v) is 7.61. The minimum Gasteiger partial charge on any atom is -0.337 e. The maximum absolute atomic E-state index is 12.8. The van der Waals surface area contributed by atoms with Gasteiger partial charge in [0, 0.05) is 10.4 Å². The Balaban J connectivity index is 1.51. The number of rotatable bonds is 6. The summed E-state index contributed by atoms with van der Waals surface area (Å²) < 4.78 is 33.5. The van der Waals surface area contributed by atoms with Crippen LogP contribution in [0, 0.1) is 6.92 Å². The molecule has 10 heteroatoms. The van der Waals surface area contributed by atoms with E-state index in [9.17, 15) is 8.42 Å². The monoisotopic (exact) mass is 470 g/mol. The molecule has 0 saturated carbocycles. The molecule has 0 amide bonds. The minimum atomic E-state index is -3.77. The smallest absolute Gasteiger partial charge is 0.265 e. The molecule has 0 unspecified atom stereocenters. The molecule has 4 rings (SSSR count). The second-order valence-corrected chi connectivity index (χ2v) is 9.46. The summed E-state index contributed by atoms with van der Waals surface area (Å²) in [4.78, 5) is 11.1. The van der Waals surface area contributed by atoms with E-state index in [1.54, 1.807) is 18.4 Å². The first-order valence-corrected chi connectivity index (χ1v) is 11.2. The summed E-state index contributed by atoms with van der Waals surface area (Å²) in [6.45, 7) is 2.16. The quantitative estimate of drug-likeness (QED) is 0.542. The third kappa shape index (κ3) is 3.75. The minimum absolute atomic E-state index is 0.0698. The van der Waals surface area contributed by atoms with Gasteiger partial charge in [-0.05, 0) is 58.8 Å². The van der Waals surface area contributed by atoms with Gasteiger partial charge in [-0.3, -0.25) is 0 Å². The fourth-order valence-corrected chi connectivity index (χ4v) is 5.56. The molecule has 0 aliphatic carbocycles.